The van der Waals surface area contributed by atoms with E-state index in [-0.39, 0.29) is 24.6 Å². The molecule has 3 fully saturated rings. The topological polar surface area (TPSA) is 109 Å². The molecule has 4 rings (SSSR count). The van der Waals surface area contributed by atoms with Crippen LogP contribution in [0.1, 0.15) is 12.8 Å². The summed E-state index contributed by atoms with van der Waals surface area (Å²) < 4.78 is 10.5. The van der Waals surface area contributed by atoms with Gasteiger partial charge in [0.2, 0.25) is 5.90 Å². The number of cyclic esters (lactones) is 1. The zero-order valence-corrected chi connectivity index (χ0v) is 11.8. The summed E-state index contributed by atoms with van der Waals surface area (Å²) in [4.78, 5) is 27.9. The second-order valence-corrected chi connectivity index (χ2v) is 5.88. The number of nitrogens with zero attached hydrogens (tertiary/aromatic N) is 3. The molecule has 9 heteroatoms. The first kappa shape index (κ1) is 13.4. The number of fused-ring (bicyclic) bond motifs is 1. The largest absolute Gasteiger partial charge is 0.468 e. The molecule has 0 bridgehead atoms. The Kier molecular flexibility index (Phi) is 2.96. The molecule has 1 aliphatic carbocycles. The van der Waals surface area contributed by atoms with Gasteiger partial charge < -0.3 is 20.5 Å². The monoisotopic (exact) mass is 307 g/mol. The number of ether oxygens (including phenoxy) is 2. The van der Waals surface area contributed by atoms with Crippen LogP contribution in [0.4, 0.5) is 4.79 Å². The Morgan fingerprint density at radius 3 is 2.91 bits per heavy atom. The highest BCUT2D eigenvalue weighted by Gasteiger charge is 2.48. The van der Waals surface area contributed by atoms with Crippen LogP contribution < -0.4 is 11.1 Å². The van der Waals surface area contributed by atoms with Crippen molar-refractivity contribution in [2.24, 2.45) is 16.6 Å². The smallest absolute Gasteiger partial charge is 0.429 e. The molecule has 3 aliphatic heterocycles. The zero-order chi connectivity index (χ0) is 15.3. The van der Waals surface area contributed by atoms with E-state index in [1.54, 1.807) is 22.4 Å². The van der Waals surface area contributed by atoms with Gasteiger partial charge in [-0.1, -0.05) is 0 Å². The summed E-state index contributed by atoms with van der Waals surface area (Å²) in [5, 5.41) is 5.95. The summed E-state index contributed by atoms with van der Waals surface area (Å²) in [5.74, 6) is 0.419. The highest BCUT2D eigenvalue weighted by molar-refractivity contribution is 5.93. The third kappa shape index (κ3) is 2.00. The minimum Gasteiger partial charge on any atom is -0.468 e. The number of aliphatic imine (C=N–C) groups is 1. The molecule has 0 aromatic rings. The Balaban J connectivity index is 1.58. The lowest BCUT2D eigenvalue weighted by Gasteiger charge is -2.45. The predicted molar refractivity (Wildman–Crippen MR) is 74.0 cm³/mol. The number of carbonyl (C=O) groups excluding carboxylic acids is 2. The molecule has 22 heavy (non-hydrogen) atoms. The van der Waals surface area contributed by atoms with Gasteiger partial charge in [0.1, 0.15) is 6.61 Å². The Hall–Kier alpha value is -2.29. The molecule has 2 amide bonds. The molecule has 3 heterocycles. The normalized spacial score (nSPS) is 36.9. The van der Waals surface area contributed by atoms with E-state index in [0.717, 1.165) is 12.8 Å². The average Bonchev–Trinajstić information content (AvgIpc) is 2.84. The fourth-order valence-electron chi connectivity index (χ4n) is 3.27. The molecule has 2 atom stereocenters. The standard InChI is InChI=1S/C13H17N5O4/c14-8-3-7(4-8)9-5-22-13(20)18(9)17-2-1-15-12-11(17)16-10(19)6-21-12/h1-2,7-9,11H,3-6,14H2,(H,16,19). The third-order valence-electron chi connectivity index (χ3n) is 4.45. The van der Waals surface area contributed by atoms with Crippen molar-refractivity contribution in [3.8, 4) is 0 Å². The number of nitrogens with one attached hydrogen (secondary N) is 1. The first-order valence-corrected chi connectivity index (χ1v) is 7.30. The molecular formula is C13H17N5O4. The van der Waals surface area contributed by atoms with E-state index < -0.39 is 12.3 Å². The van der Waals surface area contributed by atoms with Crippen LogP contribution >= 0.6 is 0 Å². The average molecular weight is 307 g/mol. The number of amides is 2. The van der Waals surface area contributed by atoms with E-state index in [1.165, 1.54) is 0 Å². The lowest BCUT2D eigenvalue weighted by atomic mass is 9.76. The van der Waals surface area contributed by atoms with E-state index in [9.17, 15) is 9.59 Å². The van der Waals surface area contributed by atoms with Crippen LogP contribution in [0.5, 0.6) is 0 Å². The van der Waals surface area contributed by atoms with Gasteiger partial charge in [-0.05, 0) is 18.8 Å². The zero-order valence-electron chi connectivity index (χ0n) is 11.8. The van der Waals surface area contributed by atoms with Crippen molar-refractivity contribution in [3.05, 3.63) is 12.4 Å². The van der Waals surface area contributed by atoms with Crippen molar-refractivity contribution in [2.45, 2.75) is 31.1 Å². The van der Waals surface area contributed by atoms with Crippen LogP contribution in [0.3, 0.4) is 0 Å². The van der Waals surface area contributed by atoms with E-state index >= 15 is 0 Å². The maximum Gasteiger partial charge on any atom is 0.429 e. The van der Waals surface area contributed by atoms with Gasteiger partial charge in [0.25, 0.3) is 5.91 Å². The number of hydrazine groups is 1. The van der Waals surface area contributed by atoms with E-state index in [0.29, 0.717) is 18.4 Å². The van der Waals surface area contributed by atoms with Crippen molar-refractivity contribution in [2.75, 3.05) is 13.2 Å². The summed E-state index contributed by atoms with van der Waals surface area (Å²) in [5.41, 5.74) is 5.85. The first-order valence-electron chi connectivity index (χ1n) is 7.30. The molecule has 3 N–H and O–H groups in total. The van der Waals surface area contributed by atoms with Gasteiger partial charge >= 0.3 is 6.09 Å². The lowest BCUT2D eigenvalue weighted by molar-refractivity contribution is -0.129. The van der Waals surface area contributed by atoms with Gasteiger partial charge in [0.05, 0.1) is 6.04 Å². The molecular weight excluding hydrogens is 290 g/mol. The maximum absolute atomic E-state index is 12.2. The number of carbonyl (C=O) groups is 2. The minimum absolute atomic E-state index is 0.0671. The highest BCUT2D eigenvalue weighted by Crippen LogP contribution is 2.36. The van der Waals surface area contributed by atoms with Crippen molar-refractivity contribution >= 4 is 17.9 Å². The van der Waals surface area contributed by atoms with Crippen molar-refractivity contribution < 1.29 is 19.1 Å². The molecule has 118 valence electrons. The van der Waals surface area contributed by atoms with Crippen molar-refractivity contribution in [3.63, 3.8) is 0 Å². The highest BCUT2D eigenvalue weighted by atomic mass is 16.6. The summed E-state index contributed by atoms with van der Waals surface area (Å²) in [6.45, 7) is 0.261. The molecule has 0 aromatic heterocycles. The van der Waals surface area contributed by atoms with Gasteiger partial charge in [0.15, 0.2) is 12.8 Å². The quantitative estimate of drug-likeness (QED) is 0.685. The van der Waals surface area contributed by atoms with Crippen LogP contribution in [-0.4, -0.2) is 59.4 Å². The van der Waals surface area contributed by atoms with Gasteiger partial charge in [-0.25, -0.2) is 14.8 Å². The van der Waals surface area contributed by atoms with E-state index in [2.05, 4.69) is 10.3 Å². The van der Waals surface area contributed by atoms with Gasteiger partial charge in [-0.3, -0.25) is 9.80 Å². The summed E-state index contributed by atoms with van der Waals surface area (Å²) in [6.07, 6.45) is 3.86. The molecule has 0 radical (unpaired) electrons. The second kappa shape index (κ2) is 4.87. The van der Waals surface area contributed by atoms with Crippen molar-refractivity contribution in [1.29, 1.82) is 0 Å². The Bertz CT molecular complexity index is 571. The van der Waals surface area contributed by atoms with Gasteiger partial charge in [-0.15, -0.1) is 0 Å². The molecule has 4 aliphatic rings. The van der Waals surface area contributed by atoms with Crippen LogP contribution in [-0.2, 0) is 14.3 Å². The number of morpholine rings is 1. The summed E-state index contributed by atoms with van der Waals surface area (Å²) >= 11 is 0. The maximum atomic E-state index is 12.2. The Morgan fingerprint density at radius 2 is 2.14 bits per heavy atom. The molecule has 1 saturated carbocycles. The molecule has 0 aromatic carbocycles. The first-order chi connectivity index (χ1) is 10.6. The van der Waals surface area contributed by atoms with E-state index in [1.807, 2.05) is 0 Å². The summed E-state index contributed by atoms with van der Waals surface area (Å²) in [7, 11) is 0. The van der Waals surface area contributed by atoms with Crippen molar-refractivity contribution in [1.82, 2.24) is 15.3 Å². The van der Waals surface area contributed by atoms with Crippen LogP contribution in [0.15, 0.2) is 17.4 Å². The Morgan fingerprint density at radius 1 is 1.32 bits per heavy atom. The molecule has 2 saturated heterocycles. The number of rotatable bonds is 2. The predicted octanol–water partition coefficient (Wildman–Crippen LogP) is -0.883. The minimum atomic E-state index is -0.617. The van der Waals surface area contributed by atoms with Crippen LogP contribution in [0, 0.1) is 5.92 Å². The molecule has 0 spiro atoms. The van der Waals surface area contributed by atoms with Crippen LogP contribution in [0.25, 0.3) is 0 Å². The number of nitrogens with two attached hydrogens (primary N) is 1. The van der Waals surface area contributed by atoms with Gasteiger partial charge in [0, 0.05) is 18.4 Å². The SMILES string of the molecule is NC1CC(C2COC(=O)N2N2C=CN=C3OCC(=O)NC32)C1. The van der Waals surface area contributed by atoms with E-state index in [4.69, 9.17) is 15.2 Å². The lowest BCUT2D eigenvalue weighted by Crippen LogP contribution is -2.64. The molecule has 2 unspecified atom stereocenters. The van der Waals surface area contributed by atoms with Crippen LogP contribution in [0.2, 0.25) is 0 Å². The number of hydrogen-bond donors (Lipinski definition) is 2. The Labute approximate surface area is 126 Å². The second-order valence-electron chi connectivity index (χ2n) is 5.88. The summed E-state index contributed by atoms with van der Waals surface area (Å²) in [6, 6.07) is 0.101. The third-order valence-corrected chi connectivity index (χ3v) is 4.45. The van der Waals surface area contributed by atoms with Gasteiger partial charge in [-0.2, -0.15) is 0 Å². The molecule has 9 nitrogen and oxygen atoms in total. The fraction of sp³-hybridized carbons (Fsp3) is 0.615. The fourth-order valence-corrected chi connectivity index (χ4v) is 3.27. The number of hydrogen-bond acceptors (Lipinski definition) is 7.